The van der Waals surface area contributed by atoms with Crippen LogP contribution >= 0.6 is 0 Å². The van der Waals surface area contributed by atoms with Crippen LogP contribution in [0.4, 0.5) is 0 Å². The molecule has 0 aromatic carbocycles. The molecule has 0 aliphatic heterocycles. The highest BCUT2D eigenvalue weighted by Crippen LogP contribution is 2.16. The van der Waals surface area contributed by atoms with Crippen LogP contribution < -0.4 is 0 Å². The lowest BCUT2D eigenvalue weighted by Gasteiger charge is -2.18. The Morgan fingerprint density at radius 3 is 0.849 bits per heavy atom. The number of hydrogen-bond donors (Lipinski definition) is 0. The Morgan fingerprint density at radius 1 is 0.288 bits per heavy atom. The molecule has 0 aromatic rings. The van der Waals surface area contributed by atoms with Crippen molar-refractivity contribution >= 4 is 17.9 Å². The van der Waals surface area contributed by atoms with E-state index in [0.29, 0.717) is 12.8 Å². The van der Waals surface area contributed by atoms with Gasteiger partial charge in [-0.05, 0) is 103 Å². The lowest BCUT2D eigenvalue weighted by molar-refractivity contribution is -0.167. The predicted octanol–water partition coefficient (Wildman–Crippen LogP) is 20.7. The van der Waals surface area contributed by atoms with E-state index in [0.717, 1.165) is 122 Å². The Balaban J connectivity index is 4.40. The van der Waals surface area contributed by atoms with Gasteiger partial charge in [0.1, 0.15) is 13.2 Å². The minimum atomic E-state index is -0.798. The first kappa shape index (κ1) is 69.1. The molecule has 0 fully saturated rings. The van der Waals surface area contributed by atoms with E-state index in [1.165, 1.54) is 116 Å². The van der Waals surface area contributed by atoms with Gasteiger partial charge in [-0.1, -0.05) is 265 Å². The van der Waals surface area contributed by atoms with Crippen molar-refractivity contribution < 1.29 is 28.6 Å². The fourth-order valence-electron chi connectivity index (χ4n) is 8.28. The lowest BCUT2D eigenvalue weighted by atomic mass is 10.0. The molecule has 0 heterocycles. The third-order valence-corrected chi connectivity index (χ3v) is 12.8. The summed E-state index contributed by atoms with van der Waals surface area (Å²) < 4.78 is 16.9. The van der Waals surface area contributed by atoms with Crippen molar-refractivity contribution in [3.8, 4) is 0 Å². The SMILES string of the molecule is CC/C=C\C/C=C\C/C=C\C/C=C\C/C=C\CCCCCC(=O)OC(COC(=O)CCCCCCCCCCCC/C=C\C/C=C\C/C=C\C/C=C\CC)COC(=O)CCCCCCCCCCCCCCC. The summed E-state index contributed by atoms with van der Waals surface area (Å²) in [5, 5.41) is 0. The highest BCUT2D eigenvalue weighted by atomic mass is 16.6. The molecule has 1 atom stereocenters. The molecule has 0 rings (SSSR count). The van der Waals surface area contributed by atoms with Crippen molar-refractivity contribution in [2.24, 2.45) is 0 Å². The maximum Gasteiger partial charge on any atom is 0.306 e. The minimum absolute atomic E-state index is 0.0916. The normalized spacial score (nSPS) is 12.9. The van der Waals surface area contributed by atoms with Crippen molar-refractivity contribution in [2.75, 3.05) is 13.2 Å². The number of allylic oxidation sites excluding steroid dienone is 18. The third kappa shape index (κ3) is 58.8. The van der Waals surface area contributed by atoms with Gasteiger partial charge in [-0.3, -0.25) is 14.4 Å². The van der Waals surface area contributed by atoms with E-state index in [4.69, 9.17) is 14.2 Å². The monoisotopic (exact) mass is 1010 g/mol. The molecule has 1 unspecified atom stereocenters. The van der Waals surface area contributed by atoms with E-state index >= 15 is 0 Å². The number of hydrogen-bond acceptors (Lipinski definition) is 6. The van der Waals surface area contributed by atoms with Gasteiger partial charge in [-0.25, -0.2) is 0 Å². The predicted molar refractivity (Wildman–Crippen MR) is 316 cm³/mol. The van der Waals surface area contributed by atoms with Gasteiger partial charge in [0.25, 0.3) is 0 Å². The van der Waals surface area contributed by atoms with Crippen molar-refractivity contribution in [3.05, 3.63) is 109 Å². The van der Waals surface area contributed by atoms with Gasteiger partial charge in [0.05, 0.1) is 0 Å². The first-order valence-corrected chi connectivity index (χ1v) is 30.4. The molecule has 6 nitrogen and oxygen atoms in total. The summed E-state index contributed by atoms with van der Waals surface area (Å²) in [5.41, 5.74) is 0. The largest absolute Gasteiger partial charge is 0.462 e. The van der Waals surface area contributed by atoms with Gasteiger partial charge < -0.3 is 14.2 Å². The fourth-order valence-corrected chi connectivity index (χ4v) is 8.28. The first-order chi connectivity index (χ1) is 36.0. The van der Waals surface area contributed by atoms with Gasteiger partial charge in [0.2, 0.25) is 0 Å². The van der Waals surface area contributed by atoms with Crippen molar-refractivity contribution in [1.82, 2.24) is 0 Å². The molecule has 0 radical (unpaired) electrons. The van der Waals surface area contributed by atoms with E-state index in [1.807, 2.05) is 0 Å². The molecule has 416 valence electrons. The summed E-state index contributed by atoms with van der Waals surface area (Å²) in [5.74, 6) is -0.923. The van der Waals surface area contributed by atoms with Crippen LogP contribution in [0.3, 0.4) is 0 Å². The first-order valence-electron chi connectivity index (χ1n) is 30.4. The molecule has 0 bridgehead atoms. The summed E-state index contributed by atoms with van der Waals surface area (Å²) in [6.45, 7) is 6.40. The molecule has 0 spiro atoms. The zero-order chi connectivity index (χ0) is 52.9. The average molecular weight is 1010 g/mol. The highest BCUT2D eigenvalue weighted by Gasteiger charge is 2.19. The molecule has 0 saturated carbocycles. The van der Waals surface area contributed by atoms with Gasteiger partial charge >= 0.3 is 17.9 Å². The van der Waals surface area contributed by atoms with E-state index in [9.17, 15) is 14.4 Å². The van der Waals surface area contributed by atoms with Gasteiger partial charge in [-0.15, -0.1) is 0 Å². The maximum atomic E-state index is 12.9. The zero-order valence-corrected chi connectivity index (χ0v) is 47.6. The second-order valence-electron chi connectivity index (χ2n) is 19.9. The third-order valence-electron chi connectivity index (χ3n) is 12.8. The molecule has 0 saturated heterocycles. The smallest absolute Gasteiger partial charge is 0.306 e. The van der Waals surface area contributed by atoms with E-state index in [-0.39, 0.29) is 37.5 Å². The number of rotatable bonds is 54. The molecular formula is C67H112O6. The molecule has 0 aliphatic rings. The molecule has 0 aromatic heterocycles. The van der Waals surface area contributed by atoms with Crippen LogP contribution in [-0.2, 0) is 28.6 Å². The molecular weight excluding hydrogens is 901 g/mol. The van der Waals surface area contributed by atoms with Crippen LogP contribution in [-0.4, -0.2) is 37.2 Å². The number of carbonyl (C=O) groups excluding carboxylic acids is 3. The second kappa shape index (κ2) is 60.6. The zero-order valence-electron chi connectivity index (χ0n) is 47.6. The molecule has 0 N–H and O–H groups in total. The van der Waals surface area contributed by atoms with Gasteiger partial charge in [0, 0.05) is 19.3 Å². The Hall–Kier alpha value is -3.93. The minimum Gasteiger partial charge on any atom is -0.462 e. The van der Waals surface area contributed by atoms with E-state index < -0.39 is 6.10 Å². The van der Waals surface area contributed by atoms with Crippen LogP contribution in [0, 0.1) is 0 Å². The second-order valence-corrected chi connectivity index (χ2v) is 19.9. The van der Waals surface area contributed by atoms with Crippen LogP contribution in [0.2, 0.25) is 0 Å². The summed E-state index contributed by atoms with van der Waals surface area (Å²) in [6, 6.07) is 0. The van der Waals surface area contributed by atoms with Crippen molar-refractivity contribution in [1.29, 1.82) is 0 Å². The number of carbonyl (C=O) groups is 3. The van der Waals surface area contributed by atoms with Crippen LogP contribution in [0.25, 0.3) is 0 Å². The molecule has 0 aliphatic carbocycles. The Bertz CT molecular complexity index is 1490. The summed E-state index contributed by atoms with van der Waals surface area (Å²) in [4.78, 5) is 38.2. The summed E-state index contributed by atoms with van der Waals surface area (Å²) >= 11 is 0. The number of ether oxygens (including phenoxy) is 3. The molecule has 6 heteroatoms. The van der Waals surface area contributed by atoms with E-state index in [1.54, 1.807) is 0 Å². The topological polar surface area (TPSA) is 78.9 Å². The van der Waals surface area contributed by atoms with Crippen LogP contribution in [0.1, 0.15) is 278 Å². The van der Waals surface area contributed by atoms with E-state index in [2.05, 4.69) is 130 Å². The average Bonchev–Trinajstić information content (AvgIpc) is 3.39. The van der Waals surface area contributed by atoms with Crippen molar-refractivity contribution in [2.45, 2.75) is 284 Å². The highest BCUT2D eigenvalue weighted by molar-refractivity contribution is 5.71. The number of unbranched alkanes of at least 4 members (excludes halogenated alkanes) is 25. The standard InChI is InChI=1S/C67H112O6/c1-4-7-10-13-16-19-22-25-27-29-31-32-33-34-36-37-39-42-45-48-51-54-57-60-66(69)72-63-64(62-71-65(68)59-56-53-50-47-44-41-24-21-18-15-12-9-6-3)73-67(70)61-58-55-52-49-46-43-40-38-35-30-28-26-23-20-17-14-11-8-5-2/h7-8,10-11,16-17,19-20,25-28,31-32,35,38,43,46,64H,4-6,9,12-15,18,21-24,29-30,33-34,36-37,39-42,44-45,47-63H2,1-3H3/b10-7-,11-8-,19-16-,20-17-,27-25-,28-26-,32-31-,38-35-,46-43-. The fraction of sp³-hybridized carbons (Fsp3) is 0.687. The Kier molecular flexibility index (Phi) is 57.4. The number of esters is 3. The van der Waals surface area contributed by atoms with Crippen LogP contribution in [0.5, 0.6) is 0 Å². The Morgan fingerprint density at radius 2 is 0.534 bits per heavy atom. The van der Waals surface area contributed by atoms with Gasteiger partial charge in [-0.2, -0.15) is 0 Å². The van der Waals surface area contributed by atoms with Crippen molar-refractivity contribution in [3.63, 3.8) is 0 Å². The summed E-state index contributed by atoms with van der Waals surface area (Å²) in [7, 11) is 0. The van der Waals surface area contributed by atoms with Crippen LogP contribution in [0.15, 0.2) is 109 Å². The lowest BCUT2D eigenvalue weighted by Crippen LogP contribution is -2.30. The molecule has 0 amide bonds. The maximum absolute atomic E-state index is 12.9. The van der Waals surface area contributed by atoms with Gasteiger partial charge in [0.15, 0.2) is 6.10 Å². The summed E-state index contributed by atoms with van der Waals surface area (Å²) in [6.07, 6.45) is 82.2. The Labute approximate surface area is 450 Å². The molecule has 73 heavy (non-hydrogen) atoms. The quantitative estimate of drug-likeness (QED) is 0.0261.